The molecule has 0 aliphatic rings. The topological polar surface area (TPSA) is 100 Å². The van der Waals surface area contributed by atoms with Crippen LogP contribution in [0.5, 0.6) is 0 Å². The molecule has 0 fully saturated rings. The van der Waals surface area contributed by atoms with Gasteiger partial charge in [-0.2, -0.15) is 0 Å². The van der Waals surface area contributed by atoms with Gasteiger partial charge in [0.15, 0.2) is 5.96 Å². The van der Waals surface area contributed by atoms with Crippen LogP contribution in [0.15, 0.2) is 27.9 Å². The molecule has 0 aromatic carbocycles. The van der Waals surface area contributed by atoms with Crippen molar-refractivity contribution in [3.8, 4) is 0 Å². The van der Waals surface area contributed by atoms with Crippen LogP contribution in [-0.4, -0.2) is 45.5 Å². The van der Waals surface area contributed by atoms with E-state index in [1.807, 2.05) is 24.5 Å². The summed E-state index contributed by atoms with van der Waals surface area (Å²) >= 11 is 0. The molecule has 2 aromatic heterocycles. The Labute approximate surface area is 148 Å². The van der Waals surface area contributed by atoms with Crippen molar-refractivity contribution in [1.82, 2.24) is 25.4 Å². The molecule has 1 atom stereocenters. The second-order valence-electron chi connectivity index (χ2n) is 6.10. The van der Waals surface area contributed by atoms with E-state index < -0.39 is 5.60 Å². The van der Waals surface area contributed by atoms with Gasteiger partial charge < -0.3 is 24.7 Å². The van der Waals surface area contributed by atoms with Crippen LogP contribution < -0.4 is 10.6 Å². The maximum absolute atomic E-state index is 10.6. The van der Waals surface area contributed by atoms with Gasteiger partial charge in [0.25, 0.3) is 0 Å². The van der Waals surface area contributed by atoms with Crippen LogP contribution in [0.1, 0.15) is 38.1 Å². The van der Waals surface area contributed by atoms with Gasteiger partial charge in [-0.25, -0.2) is 4.99 Å². The van der Waals surface area contributed by atoms with Crippen molar-refractivity contribution in [2.45, 2.75) is 46.3 Å². The predicted octanol–water partition coefficient (Wildman–Crippen LogP) is 1.20. The molecule has 0 saturated carbocycles. The van der Waals surface area contributed by atoms with Crippen molar-refractivity contribution in [2.24, 2.45) is 4.99 Å². The molecular weight excluding hydrogens is 320 g/mol. The third-order valence-corrected chi connectivity index (χ3v) is 3.82. The Morgan fingerprint density at radius 2 is 2.16 bits per heavy atom. The van der Waals surface area contributed by atoms with Crippen LogP contribution in [0.2, 0.25) is 0 Å². The number of nitrogens with zero attached hydrogens (tertiary/aromatic N) is 4. The smallest absolute Gasteiger partial charge is 0.191 e. The lowest BCUT2D eigenvalue weighted by Gasteiger charge is -2.19. The third-order valence-electron chi connectivity index (χ3n) is 3.82. The Morgan fingerprint density at radius 1 is 1.36 bits per heavy atom. The summed E-state index contributed by atoms with van der Waals surface area (Å²) in [6.45, 7) is 9.96. The average Bonchev–Trinajstić information content (AvgIpc) is 3.21. The highest BCUT2D eigenvalue weighted by Gasteiger charge is 2.26. The standard InChI is InChI=1S/C17H28N6O2/c1-5-15-22-21-12-23(15)10-9-19-16(18-6-2)20-11-17(4,24)14-8-7-13(3)25-14/h7-8,12,24H,5-6,9-11H2,1-4H3,(H2,18,19,20). The highest BCUT2D eigenvalue weighted by molar-refractivity contribution is 5.79. The molecule has 138 valence electrons. The van der Waals surface area contributed by atoms with E-state index in [1.165, 1.54) is 0 Å². The molecule has 3 N–H and O–H groups in total. The second-order valence-corrected chi connectivity index (χ2v) is 6.10. The van der Waals surface area contributed by atoms with E-state index >= 15 is 0 Å². The molecule has 8 nitrogen and oxygen atoms in total. The number of hydrogen-bond donors (Lipinski definition) is 3. The van der Waals surface area contributed by atoms with Crippen molar-refractivity contribution in [2.75, 3.05) is 19.6 Å². The van der Waals surface area contributed by atoms with Crippen LogP contribution in [0.3, 0.4) is 0 Å². The highest BCUT2D eigenvalue weighted by atomic mass is 16.4. The number of rotatable bonds is 8. The number of guanidine groups is 1. The fourth-order valence-electron chi connectivity index (χ4n) is 2.41. The fourth-order valence-corrected chi connectivity index (χ4v) is 2.41. The summed E-state index contributed by atoms with van der Waals surface area (Å²) in [5.74, 6) is 2.89. The van der Waals surface area contributed by atoms with Crippen molar-refractivity contribution in [3.63, 3.8) is 0 Å². The molecule has 0 bridgehead atoms. The van der Waals surface area contributed by atoms with Gasteiger partial charge in [0.05, 0.1) is 6.54 Å². The Balaban J connectivity index is 1.93. The van der Waals surface area contributed by atoms with Gasteiger partial charge in [0.2, 0.25) is 0 Å². The molecule has 2 aromatic rings. The molecule has 1 unspecified atom stereocenters. The van der Waals surface area contributed by atoms with Crippen LogP contribution >= 0.6 is 0 Å². The minimum Gasteiger partial charge on any atom is -0.463 e. The SMILES string of the molecule is CCNC(=NCC(C)(O)c1ccc(C)o1)NCCn1cnnc1CC. The van der Waals surface area contributed by atoms with E-state index in [2.05, 4.69) is 32.7 Å². The first kappa shape index (κ1) is 19.0. The Bertz CT molecular complexity index is 689. The number of furan rings is 1. The molecular formula is C17H28N6O2. The van der Waals surface area contributed by atoms with E-state index in [1.54, 1.807) is 19.3 Å². The van der Waals surface area contributed by atoms with E-state index in [4.69, 9.17) is 4.42 Å². The summed E-state index contributed by atoms with van der Waals surface area (Å²) in [5, 5.41) is 25.0. The number of aliphatic hydroxyl groups is 1. The molecule has 0 radical (unpaired) electrons. The average molecular weight is 348 g/mol. The maximum Gasteiger partial charge on any atom is 0.191 e. The van der Waals surface area contributed by atoms with Crippen LogP contribution in [-0.2, 0) is 18.6 Å². The zero-order valence-corrected chi connectivity index (χ0v) is 15.4. The number of aliphatic imine (C=N–C) groups is 1. The van der Waals surface area contributed by atoms with Gasteiger partial charge in [-0.05, 0) is 32.9 Å². The molecule has 0 amide bonds. The quantitative estimate of drug-likeness (QED) is 0.490. The Kier molecular flexibility index (Phi) is 6.58. The lowest BCUT2D eigenvalue weighted by atomic mass is 10.0. The summed E-state index contributed by atoms with van der Waals surface area (Å²) in [6.07, 6.45) is 2.58. The van der Waals surface area contributed by atoms with Crippen LogP contribution in [0.25, 0.3) is 0 Å². The normalized spacial score (nSPS) is 14.4. The summed E-state index contributed by atoms with van der Waals surface area (Å²) in [4.78, 5) is 4.48. The van der Waals surface area contributed by atoms with Gasteiger partial charge >= 0.3 is 0 Å². The monoisotopic (exact) mass is 348 g/mol. The minimum atomic E-state index is -1.15. The predicted molar refractivity (Wildman–Crippen MR) is 96.4 cm³/mol. The van der Waals surface area contributed by atoms with Crippen LogP contribution in [0.4, 0.5) is 0 Å². The molecule has 2 heterocycles. The summed E-state index contributed by atoms with van der Waals surface area (Å²) in [7, 11) is 0. The largest absolute Gasteiger partial charge is 0.463 e. The van der Waals surface area contributed by atoms with Gasteiger partial charge in [0, 0.05) is 26.1 Å². The first-order chi connectivity index (χ1) is 12.0. The van der Waals surface area contributed by atoms with Gasteiger partial charge in [-0.3, -0.25) is 0 Å². The fraction of sp³-hybridized carbons (Fsp3) is 0.588. The third kappa shape index (κ3) is 5.32. The summed E-state index contributed by atoms with van der Waals surface area (Å²) in [5.41, 5.74) is -1.15. The molecule has 0 aliphatic carbocycles. The van der Waals surface area contributed by atoms with Crippen molar-refractivity contribution in [3.05, 3.63) is 35.8 Å². The maximum atomic E-state index is 10.6. The van der Waals surface area contributed by atoms with Crippen molar-refractivity contribution < 1.29 is 9.52 Å². The summed E-state index contributed by atoms with van der Waals surface area (Å²) in [6, 6.07) is 3.62. The highest BCUT2D eigenvalue weighted by Crippen LogP contribution is 2.22. The first-order valence-corrected chi connectivity index (χ1v) is 8.64. The number of aromatic nitrogens is 3. The van der Waals surface area contributed by atoms with Gasteiger partial charge in [0.1, 0.15) is 29.3 Å². The lowest BCUT2D eigenvalue weighted by molar-refractivity contribution is 0.0428. The molecule has 2 rings (SSSR count). The first-order valence-electron chi connectivity index (χ1n) is 8.64. The summed E-state index contributed by atoms with van der Waals surface area (Å²) < 4.78 is 7.53. The molecule has 25 heavy (non-hydrogen) atoms. The van der Waals surface area contributed by atoms with Gasteiger partial charge in [-0.15, -0.1) is 10.2 Å². The zero-order chi connectivity index (χ0) is 18.3. The molecule has 0 aliphatic heterocycles. The Hall–Kier alpha value is -2.35. The lowest BCUT2D eigenvalue weighted by Crippen LogP contribution is -2.40. The van der Waals surface area contributed by atoms with E-state index in [-0.39, 0.29) is 6.54 Å². The number of hydrogen-bond acceptors (Lipinski definition) is 5. The number of aryl methyl sites for hydroxylation is 2. The van der Waals surface area contributed by atoms with Gasteiger partial charge in [-0.1, -0.05) is 6.92 Å². The van der Waals surface area contributed by atoms with Crippen molar-refractivity contribution >= 4 is 5.96 Å². The van der Waals surface area contributed by atoms with E-state index in [0.29, 0.717) is 18.3 Å². The second kappa shape index (κ2) is 8.66. The molecule has 8 heteroatoms. The minimum absolute atomic E-state index is 0.197. The zero-order valence-electron chi connectivity index (χ0n) is 15.4. The van der Waals surface area contributed by atoms with E-state index in [0.717, 1.165) is 31.1 Å². The van der Waals surface area contributed by atoms with Crippen LogP contribution in [0, 0.1) is 6.92 Å². The van der Waals surface area contributed by atoms with E-state index in [9.17, 15) is 5.11 Å². The molecule has 0 saturated heterocycles. The van der Waals surface area contributed by atoms with Crippen molar-refractivity contribution in [1.29, 1.82) is 0 Å². The number of nitrogens with one attached hydrogen (secondary N) is 2. The molecule has 0 spiro atoms. The Morgan fingerprint density at radius 3 is 2.80 bits per heavy atom.